The van der Waals surface area contributed by atoms with Crippen molar-refractivity contribution < 1.29 is 14.3 Å². The van der Waals surface area contributed by atoms with Gasteiger partial charge in [0.15, 0.2) is 0 Å². The zero-order valence-electron chi connectivity index (χ0n) is 13.5. The van der Waals surface area contributed by atoms with Crippen molar-refractivity contribution in [3.8, 4) is 0 Å². The Morgan fingerprint density at radius 1 is 1.29 bits per heavy atom. The largest absolute Gasteiger partial charge is 0.458 e. The summed E-state index contributed by atoms with van der Waals surface area (Å²) in [5, 5.41) is 0. The van der Waals surface area contributed by atoms with Gasteiger partial charge in [-0.3, -0.25) is 4.79 Å². The van der Waals surface area contributed by atoms with Gasteiger partial charge in [-0.05, 0) is 52.7 Å². The van der Waals surface area contributed by atoms with E-state index in [4.69, 9.17) is 4.74 Å². The zero-order chi connectivity index (χ0) is 15.8. The van der Waals surface area contributed by atoms with Crippen molar-refractivity contribution in [2.45, 2.75) is 52.2 Å². The second-order valence-corrected chi connectivity index (χ2v) is 6.61. The van der Waals surface area contributed by atoms with Crippen molar-refractivity contribution in [1.82, 2.24) is 9.47 Å². The number of amides is 1. The number of aryl methyl sites for hydroxylation is 1. The van der Waals surface area contributed by atoms with Gasteiger partial charge in [-0.15, -0.1) is 0 Å². The number of likely N-dealkylation sites (tertiary alicyclic amines) is 1. The fourth-order valence-electron chi connectivity index (χ4n) is 2.60. The summed E-state index contributed by atoms with van der Waals surface area (Å²) in [6.45, 7) is 8.07. The second kappa shape index (κ2) is 5.54. The number of carbonyl (C=O) groups excluding carboxylic acids is 2. The SMILES string of the molecule is Cc1ccc(C(=O)N2CCC[C@@H]2C(=O)OC(C)(C)C)n1C. The Morgan fingerprint density at radius 2 is 1.95 bits per heavy atom. The molecule has 0 aliphatic carbocycles. The predicted octanol–water partition coefficient (Wildman–Crippen LogP) is 2.28. The fourth-order valence-corrected chi connectivity index (χ4v) is 2.60. The van der Waals surface area contributed by atoms with E-state index in [1.165, 1.54) is 0 Å². The van der Waals surface area contributed by atoms with Gasteiger partial charge < -0.3 is 14.2 Å². The van der Waals surface area contributed by atoms with E-state index in [0.717, 1.165) is 12.1 Å². The summed E-state index contributed by atoms with van der Waals surface area (Å²) < 4.78 is 7.29. The minimum absolute atomic E-state index is 0.0982. The number of nitrogens with zero attached hydrogens (tertiary/aromatic N) is 2. The molecule has 5 heteroatoms. The number of hydrogen-bond donors (Lipinski definition) is 0. The monoisotopic (exact) mass is 292 g/mol. The quantitative estimate of drug-likeness (QED) is 0.786. The van der Waals surface area contributed by atoms with Gasteiger partial charge in [0.2, 0.25) is 0 Å². The first-order valence-electron chi connectivity index (χ1n) is 7.37. The number of carbonyl (C=O) groups is 2. The lowest BCUT2D eigenvalue weighted by Gasteiger charge is -2.27. The third kappa shape index (κ3) is 3.28. The summed E-state index contributed by atoms with van der Waals surface area (Å²) in [5.74, 6) is -0.404. The van der Waals surface area contributed by atoms with Crippen LogP contribution in [-0.4, -0.2) is 39.5 Å². The standard InChI is InChI=1S/C16H24N2O3/c1-11-8-9-12(17(11)5)14(19)18-10-6-7-13(18)15(20)21-16(2,3)4/h8-9,13H,6-7,10H2,1-5H3/t13-/m1/s1. The Hall–Kier alpha value is -1.78. The van der Waals surface area contributed by atoms with E-state index in [9.17, 15) is 9.59 Å². The highest BCUT2D eigenvalue weighted by molar-refractivity contribution is 5.96. The summed E-state index contributed by atoms with van der Waals surface area (Å²) in [6.07, 6.45) is 1.50. The Morgan fingerprint density at radius 3 is 2.48 bits per heavy atom. The average molecular weight is 292 g/mol. The highest BCUT2D eigenvalue weighted by Crippen LogP contribution is 2.23. The van der Waals surface area contributed by atoms with E-state index >= 15 is 0 Å². The van der Waals surface area contributed by atoms with Gasteiger partial charge >= 0.3 is 5.97 Å². The molecule has 2 rings (SSSR count). The summed E-state index contributed by atoms with van der Waals surface area (Å²) in [4.78, 5) is 26.6. The smallest absolute Gasteiger partial charge is 0.329 e. The Kier molecular flexibility index (Phi) is 4.12. The fraction of sp³-hybridized carbons (Fsp3) is 0.625. The van der Waals surface area contributed by atoms with Gasteiger partial charge in [0.25, 0.3) is 5.91 Å². The minimum atomic E-state index is -0.532. The van der Waals surface area contributed by atoms with E-state index in [0.29, 0.717) is 18.7 Å². The van der Waals surface area contributed by atoms with E-state index in [-0.39, 0.29) is 11.9 Å². The lowest BCUT2D eigenvalue weighted by Crippen LogP contribution is -2.44. The Balaban J connectivity index is 2.17. The maximum Gasteiger partial charge on any atom is 0.329 e. The van der Waals surface area contributed by atoms with Crippen LogP contribution in [0.3, 0.4) is 0 Å². The first kappa shape index (κ1) is 15.6. The van der Waals surface area contributed by atoms with E-state index in [2.05, 4.69) is 0 Å². The topological polar surface area (TPSA) is 51.5 Å². The first-order valence-corrected chi connectivity index (χ1v) is 7.37. The predicted molar refractivity (Wildman–Crippen MR) is 80.1 cm³/mol. The molecule has 0 aromatic carbocycles. The molecule has 21 heavy (non-hydrogen) atoms. The van der Waals surface area contributed by atoms with Crippen molar-refractivity contribution in [1.29, 1.82) is 0 Å². The normalized spacial score (nSPS) is 18.9. The molecule has 0 bridgehead atoms. The van der Waals surface area contributed by atoms with Gasteiger partial charge in [-0.1, -0.05) is 0 Å². The average Bonchev–Trinajstić information content (AvgIpc) is 2.95. The molecule has 1 saturated heterocycles. The number of rotatable bonds is 2. The molecule has 116 valence electrons. The first-order chi connectivity index (χ1) is 9.70. The van der Waals surface area contributed by atoms with Crippen molar-refractivity contribution >= 4 is 11.9 Å². The van der Waals surface area contributed by atoms with Gasteiger partial charge in [-0.2, -0.15) is 0 Å². The molecule has 1 fully saturated rings. The molecular weight excluding hydrogens is 268 g/mol. The number of esters is 1. The molecular formula is C16H24N2O3. The van der Waals surface area contributed by atoms with Gasteiger partial charge in [0, 0.05) is 19.3 Å². The lowest BCUT2D eigenvalue weighted by molar-refractivity contribution is -0.159. The number of ether oxygens (including phenoxy) is 1. The molecule has 5 nitrogen and oxygen atoms in total. The summed E-state index contributed by atoms with van der Waals surface area (Å²) in [6, 6.07) is 3.25. The van der Waals surface area contributed by atoms with E-state index < -0.39 is 11.6 Å². The summed E-state index contributed by atoms with van der Waals surface area (Å²) in [5.41, 5.74) is 1.10. The van der Waals surface area contributed by atoms with Crippen molar-refractivity contribution in [2.75, 3.05) is 6.54 Å². The molecule has 1 atom stereocenters. The van der Waals surface area contributed by atoms with Crippen LogP contribution < -0.4 is 0 Å². The zero-order valence-corrected chi connectivity index (χ0v) is 13.5. The van der Waals surface area contributed by atoms with Crippen LogP contribution in [0.5, 0.6) is 0 Å². The third-order valence-electron chi connectivity index (χ3n) is 3.78. The number of hydrogen-bond acceptors (Lipinski definition) is 3. The number of aromatic nitrogens is 1. The molecule has 0 N–H and O–H groups in total. The highest BCUT2D eigenvalue weighted by atomic mass is 16.6. The molecule has 1 aromatic rings. The molecule has 1 aliphatic heterocycles. The molecule has 0 spiro atoms. The van der Waals surface area contributed by atoms with Gasteiger partial charge in [0.05, 0.1) is 0 Å². The summed E-state index contributed by atoms with van der Waals surface area (Å²) >= 11 is 0. The molecule has 1 amide bonds. The van der Waals surface area contributed by atoms with Gasteiger partial charge in [-0.25, -0.2) is 4.79 Å². The van der Waals surface area contributed by atoms with Crippen LogP contribution in [0, 0.1) is 6.92 Å². The van der Waals surface area contributed by atoms with Crippen LogP contribution >= 0.6 is 0 Å². The Bertz CT molecular complexity index is 554. The van der Waals surface area contributed by atoms with E-state index in [1.54, 1.807) is 4.90 Å². The molecule has 1 aromatic heterocycles. The molecule has 1 aliphatic rings. The van der Waals surface area contributed by atoms with Crippen molar-refractivity contribution in [2.24, 2.45) is 7.05 Å². The van der Waals surface area contributed by atoms with Crippen LogP contribution in [0.2, 0.25) is 0 Å². The van der Waals surface area contributed by atoms with Crippen LogP contribution in [-0.2, 0) is 16.6 Å². The van der Waals surface area contributed by atoms with Crippen LogP contribution in [0.1, 0.15) is 49.8 Å². The van der Waals surface area contributed by atoms with Crippen molar-refractivity contribution in [3.63, 3.8) is 0 Å². The van der Waals surface area contributed by atoms with Crippen molar-refractivity contribution in [3.05, 3.63) is 23.5 Å². The maximum atomic E-state index is 12.7. The molecule has 0 unspecified atom stereocenters. The molecule has 0 saturated carbocycles. The minimum Gasteiger partial charge on any atom is -0.458 e. The van der Waals surface area contributed by atoms with E-state index in [1.807, 2.05) is 51.4 Å². The van der Waals surface area contributed by atoms with Gasteiger partial charge in [0.1, 0.15) is 17.3 Å². The Labute approximate surface area is 125 Å². The second-order valence-electron chi connectivity index (χ2n) is 6.61. The third-order valence-corrected chi connectivity index (χ3v) is 3.78. The highest BCUT2D eigenvalue weighted by Gasteiger charge is 2.37. The maximum absolute atomic E-state index is 12.7. The van der Waals surface area contributed by atoms with Crippen LogP contribution in [0.15, 0.2) is 12.1 Å². The van der Waals surface area contributed by atoms with Crippen LogP contribution in [0.25, 0.3) is 0 Å². The van der Waals surface area contributed by atoms with Crippen LogP contribution in [0.4, 0.5) is 0 Å². The summed E-state index contributed by atoms with van der Waals surface area (Å²) in [7, 11) is 1.86. The lowest BCUT2D eigenvalue weighted by atomic mass is 10.1. The molecule has 0 radical (unpaired) electrons. The molecule has 2 heterocycles.